The molecule has 1 aromatic heterocycles. The highest BCUT2D eigenvalue weighted by molar-refractivity contribution is 9.09. The quantitative estimate of drug-likeness (QED) is 0.857. The number of carbonyl (C=O) groups excluding carboxylic acids is 1. The van der Waals surface area contributed by atoms with Gasteiger partial charge in [-0.3, -0.25) is 4.79 Å². The van der Waals surface area contributed by atoms with Crippen LogP contribution in [0.15, 0.2) is 18.2 Å². The molecule has 2 aromatic rings. The third kappa shape index (κ3) is 2.47. The van der Waals surface area contributed by atoms with E-state index in [4.69, 9.17) is 5.73 Å². The number of halogens is 2. The van der Waals surface area contributed by atoms with E-state index in [-0.39, 0.29) is 0 Å². The third-order valence-electron chi connectivity index (χ3n) is 2.36. The van der Waals surface area contributed by atoms with Gasteiger partial charge < -0.3 is 5.73 Å². The maximum absolute atomic E-state index is 11.1. The lowest BCUT2D eigenvalue weighted by molar-refractivity contribution is 0.100. The van der Waals surface area contributed by atoms with Gasteiger partial charge in [-0.05, 0) is 18.2 Å². The number of rotatable bonds is 3. The Morgan fingerprint density at radius 3 is 2.24 bits per heavy atom. The molecule has 6 heteroatoms. The van der Waals surface area contributed by atoms with Gasteiger partial charge in [-0.15, -0.1) is 0 Å². The molecular formula is C11H9Br2N3O. The molecule has 0 atom stereocenters. The van der Waals surface area contributed by atoms with Crippen LogP contribution in [0.2, 0.25) is 0 Å². The van der Waals surface area contributed by atoms with Gasteiger partial charge in [-0.1, -0.05) is 31.9 Å². The first-order valence-electron chi connectivity index (χ1n) is 4.87. The molecule has 1 amide bonds. The Labute approximate surface area is 115 Å². The first kappa shape index (κ1) is 12.4. The molecule has 0 aliphatic carbocycles. The van der Waals surface area contributed by atoms with E-state index in [2.05, 4.69) is 41.8 Å². The van der Waals surface area contributed by atoms with Gasteiger partial charge in [0.15, 0.2) is 0 Å². The molecule has 0 aliphatic heterocycles. The average molecular weight is 359 g/mol. The van der Waals surface area contributed by atoms with Crippen LogP contribution < -0.4 is 5.73 Å². The Hall–Kier alpha value is -1.01. The normalized spacial score (nSPS) is 10.7. The molecule has 0 unspecified atom stereocenters. The molecular weight excluding hydrogens is 350 g/mol. The molecule has 1 aromatic carbocycles. The molecule has 2 N–H and O–H groups in total. The molecule has 4 nitrogen and oxygen atoms in total. The smallest absolute Gasteiger partial charge is 0.248 e. The zero-order valence-electron chi connectivity index (χ0n) is 8.78. The van der Waals surface area contributed by atoms with E-state index in [0.29, 0.717) is 21.7 Å². The molecule has 0 aliphatic rings. The number of carbonyl (C=O) groups is 1. The average Bonchev–Trinajstić information content (AvgIpc) is 2.36. The standard InChI is InChI=1S/C11H9Br2N3O/c12-4-9-10(5-13)16-8-3-6(11(14)17)1-2-7(8)15-9/h1-3H,4-5H2,(H2,14,17). The number of amides is 1. The van der Waals surface area contributed by atoms with E-state index in [1.807, 2.05) is 0 Å². The molecule has 0 fully saturated rings. The molecule has 0 saturated heterocycles. The Balaban J connectivity index is 2.66. The Bertz CT molecular complexity index is 586. The second-order valence-electron chi connectivity index (χ2n) is 3.45. The molecule has 1 heterocycles. The summed E-state index contributed by atoms with van der Waals surface area (Å²) in [7, 11) is 0. The van der Waals surface area contributed by atoms with Crippen LogP contribution in [0.4, 0.5) is 0 Å². The summed E-state index contributed by atoms with van der Waals surface area (Å²) < 4.78 is 0. The minimum absolute atomic E-state index is 0.443. The monoisotopic (exact) mass is 357 g/mol. The van der Waals surface area contributed by atoms with Crippen molar-refractivity contribution in [2.24, 2.45) is 5.73 Å². The first-order valence-corrected chi connectivity index (χ1v) is 7.11. The van der Waals surface area contributed by atoms with Crippen LogP contribution in [0.5, 0.6) is 0 Å². The summed E-state index contributed by atoms with van der Waals surface area (Å²) in [5.41, 5.74) is 8.86. The van der Waals surface area contributed by atoms with Crippen molar-refractivity contribution < 1.29 is 4.79 Å². The van der Waals surface area contributed by atoms with Crippen LogP contribution in [0.3, 0.4) is 0 Å². The van der Waals surface area contributed by atoms with Gasteiger partial charge in [0.25, 0.3) is 0 Å². The van der Waals surface area contributed by atoms with Crippen LogP contribution >= 0.6 is 31.9 Å². The minimum atomic E-state index is -0.460. The van der Waals surface area contributed by atoms with E-state index in [0.717, 1.165) is 16.9 Å². The van der Waals surface area contributed by atoms with Crippen LogP contribution in [0, 0.1) is 0 Å². The lowest BCUT2D eigenvalue weighted by atomic mass is 10.2. The largest absolute Gasteiger partial charge is 0.366 e. The Kier molecular flexibility index (Phi) is 3.73. The lowest BCUT2D eigenvalue weighted by Gasteiger charge is -2.06. The maximum Gasteiger partial charge on any atom is 0.248 e. The van der Waals surface area contributed by atoms with Crippen molar-refractivity contribution in [2.45, 2.75) is 10.7 Å². The summed E-state index contributed by atoms with van der Waals surface area (Å²) in [6.45, 7) is 0. The summed E-state index contributed by atoms with van der Waals surface area (Å²) in [4.78, 5) is 20.0. The number of fused-ring (bicyclic) bond motifs is 1. The van der Waals surface area contributed by atoms with E-state index in [9.17, 15) is 4.79 Å². The summed E-state index contributed by atoms with van der Waals surface area (Å²) >= 11 is 6.74. The van der Waals surface area contributed by atoms with Crippen molar-refractivity contribution in [1.29, 1.82) is 0 Å². The number of primary amides is 1. The van der Waals surface area contributed by atoms with E-state index in [1.54, 1.807) is 18.2 Å². The van der Waals surface area contributed by atoms with Crippen LogP contribution in [0.25, 0.3) is 11.0 Å². The van der Waals surface area contributed by atoms with Crippen LogP contribution in [-0.2, 0) is 10.7 Å². The number of nitrogens with two attached hydrogens (primary N) is 1. The van der Waals surface area contributed by atoms with Gasteiger partial charge in [0, 0.05) is 16.2 Å². The zero-order valence-corrected chi connectivity index (χ0v) is 12.0. The van der Waals surface area contributed by atoms with Crippen molar-refractivity contribution >= 4 is 48.8 Å². The number of aromatic nitrogens is 2. The van der Waals surface area contributed by atoms with Gasteiger partial charge in [0.2, 0.25) is 5.91 Å². The van der Waals surface area contributed by atoms with E-state index >= 15 is 0 Å². The van der Waals surface area contributed by atoms with Crippen molar-refractivity contribution in [3.05, 3.63) is 35.2 Å². The molecule has 17 heavy (non-hydrogen) atoms. The molecule has 0 saturated carbocycles. The SMILES string of the molecule is NC(=O)c1ccc2nc(CBr)c(CBr)nc2c1. The van der Waals surface area contributed by atoms with Crippen molar-refractivity contribution in [1.82, 2.24) is 9.97 Å². The predicted molar refractivity (Wildman–Crippen MR) is 73.3 cm³/mol. The second kappa shape index (κ2) is 5.10. The highest BCUT2D eigenvalue weighted by Gasteiger charge is 2.08. The molecule has 2 rings (SSSR count). The summed E-state index contributed by atoms with van der Waals surface area (Å²) in [6.07, 6.45) is 0. The van der Waals surface area contributed by atoms with Gasteiger partial charge in [-0.2, -0.15) is 0 Å². The number of hydrogen-bond donors (Lipinski definition) is 1. The third-order valence-corrected chi connectivity index (χ3v) is 3.42. The fourth-order valence-corrected chi connectivity index (χ4v) is 2.39. The summed E-state index contributed by atoms with van der Waals surface area (Å²) in [5.74, 6) is -0.460. The van der Waals surface area contributed by atoms with Gasteiger partial charge in [0.1, 0.15) is 0 Å². The summed E-state index contributed by atoms with van der Waals surface area (Å²) in [5, 5.41) is 1.27. The number of alkyl halides is 2. The van der Waals surface area contributed by atoms with E-state index < -0.39 is 5.91 Å². The van der Waals surface area contributed by atoms with E-state index in [1.165, 1.54) is 0 Å². The van der Waals surface area contributed by atoms with Gasteiger partial charge in [-0.25, -0.2) is 9.97 Å². The predicted octanol–water partition coefficient (Wildman–Crippen LogP) is 2.52. The van der Waals surface area contributed by atoms with Crippen molar-refractivity contribution in [2.75, 3.05) is 0 Å². The van der Waals surface area contributed by atoms with Crippen LogP contribution in [-0.4, -0.2) is 15.9 Å². The highest BCUT2D eigenvalue weighted by atomic mass is 79.9. The van der Waals surface area contributed by atoms with Crippen molar-refractivity contribution in [3.8, 4) is 0 Å². The van der Waals surface area contributed by atoms with Gasteiger partial charge in [0.05, 0.1) is 22.4 Å². The Morgan fingerprint density at radius 2 is 1.71 bits per heavy atom. The fraction of sp³-hybridized carbons (Fsp3) is 0.182. The maximum atomic E-state index is 11.1. The number of hydrogen-bond acceptors (Lipinski definition) is 3. The molecule has 88 valence electrons. The zero-order chi connectivity index (χ0) is 12.4. The highest BCUT2D eigenvalue weighted by Crippen LogP contribution is 2.18. The van der Waals surface area contributed by atoms with Crippen molar-refractivity contribution in [3.63, 3.8) is 0 Å². The lowest BCUT2D eigenvalue weighted by Crippen LogP contribution is -2.11. The molecule has 0 bridgehead atoms. The minimum Gasteiger partial charge on any atom is -0.366 e. The second-order valence-corrected chi connectivity index (χ2v) is 4.57. The van der Waals surface area contributed by atoms with Crippen LogP contribution in [0.1, 0.15) is 21.7 Å². The number of nitrogens with zero attached hydrogens (tertiary/aromatic N) is 2. The molecule has 0 radical (unpaired) electrons. The first-order chi connectivity index (χ1) is 8.15. The topological polar surface area (TPSA) is 68.9 Å². The number of benzene rings is 1. The fourth-order valence-electron chi connectivity index (χ4n) is 1.49. The molecule has 0 spiro atoms. The summed E-state index contributed by atoms with van der Waals surface area (Å²) in [6, 6.07) is 5.08. The Morgan fingerprint density at radius 1 is 1.12 bits per heavy atom. The van der Waals surface area contributed by atoms with Gasteiger partial charge >= 0.3 is 0 Å².